The number of hydrogen-bond donors (Lipinski definition) is 2. The number of aliphatic hydroxyl groups is 1. The second-order valence-electron chi connectivity index (χ2n) is 9.49. The molecule has 1 atom stereocenters. The Morgan fingerprint density at radius 1 is 1.29 bits per heavy atom. The molecule has 4 aromatic rings. The number of piperidine rings is 1. The van der Waals surface area contributed by atoms with Crippen molar-refractivity contribution in [1.29, 1.82) is 0 Å². The highest BCUT2D eigenvalue weighted by molar-refractivity contribution is 5.93. The molecule has 0 aliphatic carbocycles. The fourth-order valence-corrected chi connectivity index (χ4v) is 4.43. The van der Waals surface area contributed by atoms with Gasteiger partial charge in [0.1, 0.15) is 0 Å². The highest BCUT2D eigenvalue weighted by atomic mass is 19.1. The number of anilines is 2. The summed E-state index contributed by atoms with van der Waals surface area (Å²) in [5, 5.41) is 19.6. The van der Waals surface area contributed by atoms with Gasteiger partial charge in [0.05, 0.1) is 30.1 Å². The van der Waals surface area contributed by atoms with Crippen LogP contribution in [0.25, 0.3) is 16.6 Å². The maximum Gasteiger partial charge on any atom is 0.223 e. The Morgan fingerprint density at radius 3 is 2.88 bits per heavy atom. The third-order valence-corrected chi connectivity index (χ3v) is 6.31. The van der Waals surface area contributed by atoms with Crippen LogP contribution in [0.1, 0.15) is 44.9 Å². The zero-order valence-electron chi connectivity index (χ0n) is 19.6. The van der Waals surface area contributed by atoms with Gasteiger partial charge in [-0.1, -0.05) is 0 Å². The first-order valence-corrected chi connectivity index (χ1v) is 11.4. The van der Waals surface area contributed by atoms with Gasteiger partial charge in [-0.05, 0) is 39.2 Å². The quantitative estimate of drug-likeness (QED) is 0.443. The molecule has 1 unspecified atom stereocenters. The Morgan fingerprint density at radius 2 is 2.12 bits per heavy atom. The molecule has 1 aliphatic rings. The van der Waals surface area contributed by atoms with Gasteiger partial charge < -0.3 is 20.5 Å². The van der Waals surface area contributed by atoms with Crippen molar-refractivity contribution in [2.24, 2.45) is 0 Å². The molecule has 5 rings (SSSR count). The number of methoxy groups -OCH3 is 1. The number of nitrogens with two attached hydrogens (primary N) is 1. The number of aromatic nitrogens is 6. The molecule has 1 aromatic carbocycles. The van der Waals surface area contributed by atoms with E-state index in [1.165, 1.54) is 23.8 Å². The monoisotopic (exact) mass is 468 g/mol. The number of nitrogen functional groups attached to an aromatic ring is 1. The van der Waals surface area contributed by atoms with Crippen LogP contribution in [0.2, 0.25) is 0 Å². The van der Waals surface area contributed by atoms with Crippen LogP contribution < -0.4 is 15.4 Å². The number of halogens is 1. The maximum absolute atomic E-state index is 14.4. The van der Waals surface area contributed by atoms with Crippen LogP contribution in [0.15, 0.2) is 24.5 Å². The van der Waals surface area contributed by atoms with Crippen molar-refractivity contribution in [2.45, 2.75) is 51.2 Å². The van der Waals surface area contributed by atoms with E-state index in [1.807, 2.05) is 17.1 Å². The Labute approximate surface area is 196 Å². The third-order valence-electron chi connectivity index (χ3n) is 6.31. The van der Waals surface area contributed by atoms with E-state index in [2.05, 4.69) is 20.1 Å². The third kappa shape index (κ3) is 4.23. The molecule has 0 saturated carbocycles. The number of nitrogens with zero attached hydrogens (tertiary/aromatic N) is 7. The first-order valence-electron chi connectivity index (χ1n) is 11.4. The Balaban J connectivity index is 1.41. The summed E-state index contributed by atoms with van der Waals surface area (Å²) in [5.41, 5.74) is 7.44. The Hall–Kier alpha value is -3.47. The van der Waals surface area contributed by atoms with Gasteiger partial charge in [-0.25, -0.2) is 14.4 Å². The molecule has 10 nitrogen and oxygen atoms in total. The smallest absolute Gasteiger partial charge is 0.223 e. The molecule has 11 heteroatoms. The summed E-state index contributed by atoms with van der Waals surface area (Å²) in [7, 11) is 1.41. The highest BCUT2D eigenvalue weighted by Crippen LogP contribution is 2.31. The molecule has 0 bridgehead atoms. The van der Waals surface area contributed by atoms with Crippen molar-refractivity contribution in [1.82, 2.24) is 29.4 Å². The van der Waals surface area contributed by atoms with E-state index in [-0.39, 0.29) is 17.6 Å². The normalized spacial score (nSPS) is 17.1. The van der Waals surface area contributed by atoms with Crippen molar-refractivity contribution in [2.75, 3.05) is 30.8 Å². The van der Waals surface area contributed by atoms with Crippen molar-refractivity contribution >= 4 is 28.2 Å². The predicted octanol–water partition coefficient (Wildman–Crippen LogP) is 2.75. The van der Waals surface area contributed by atoms with E-state index < -0.39 is 11.4 Å². The van der Waals surface area contributed by atoms with Crippen LogP contribution in [-0.2, 0) is 6.54 Å². The van der Waals surface area contributed by atoms with Gasteiger partial charge in [0, 0.05) is 43.2 Å². The lowest BCUT2D eigenvalue weighted by atomic mass is 9.97. The number of fused-ring (bicyclic) bond motifs is 3. The van der Waals surface area contributed by atoms with Crippen molar-refractivity contribution in [3.63, 3.8) is 0 Å². The average molecular weight is 469 g/mol. The van der Waals surface area contributed by atoms with Crippen molar-refractivity contribution in [3.05, 3.63) is 36.2 Å². The van der Waals surface area contributed by atoms with Crippen molar-refractivity contribution < 1.29 is 14.2 Å². The molecule has 3 aromatic heterocycles. The minimum atomic E-state index is -0.730. The lowest BCUT2D eigenvalue weighted by Gasteiger charge is -2.32. The van der Waals surface area contributed by atoms with E-state index in [1.54, 1.807) is 13.8 Å². The van der Waals surface area contributed by atoms with Crippen LogP contribution in [0, 0.1) is 5.82 Å². The molecule has 4 heterocycles. The number of aryl methyl sites for hydroxylation is 1. The first-order chi connectivity index (χ1) is 16.2. The topological polar surface area (TPSA) is 120 Å². The van der Waals surface area contributed by atoms with E-state index in [0.717, 1.165) is 31.6 Å². The summed E-state index contributed by atoms with van der Waals surface area (Å²) in [6.45, 7) is 5.89. The highest BCUT2D eigenvalue weighted by Gasteiger charge is 2.27. The van der Waals surface area contributed by atoms with Gasteiger partial charge in [-0.3, -0.25) is 4.68 Å². The molecule has 3 N–H and O–H groups in total. The zero-order valence-corrected chi connectivity index (χ0v) is 19.6. The molecule has 0 radical (unpaired) electrons. The van der Waals surface area contributed by atoms with Crippen LogP contribution in [-0.4, -0.2) is 60.3 Å². The van der Waals surface area contributed by atoms with Gasteiger partial charge in [0.2, 0.25) is 5.95 Å². The standard InChI is InChI=1S/C23H29FN8O2/c1-23(2,33)6-8-31-13-15(11-26-31)30-7-4-5-14(12-30)20-28-21-16-9-17(24)19(34-3)10-18(16)27-22(25)32(21)29-20/h9-11,13-14,33H,4-8,12H2,1-3H3,(H2,25,27). The van der Waals surface area contributed by atoms with E-state index in [4.69, 9.17) is 15.5 Å². The van der Waals surface area contributed by atoms with Gasteiger partial charge >= 0.3 is 0 Å². The van der Waals surface area contributed by atoms with Crippen LogP contribution in [0.5, 0.6) is 5.75 Å². The second-order valence-corrected chi connectivity index (χ2v) is 9.49. The molecule has 1 aliphatic heterocycles. The summed E-state index contributed by atoms with van der Waals surface area (Å²) < 4.78 is 22.8. The van der Waals surface area contributed by atoms with E-state index >= 15 is 0 Å². The lowest BCUT2D eigenvalue weighted by Crippen LogP contribution is -2.34. The zero-order chi connectivity index (χ0) is 24.0. The number of hydrogen-bond acceptors (Lipinski definition) is 8. The summed E-state index contributed by atoms with van der Waals surface area (Å²) in [6.07, 6.45) is 6.41. The Kier molecular flexibility index (Phi) is 5.51. The minimum absolute atomic E-state index is 0.0888. The largest absolute Gasteiger partial charge is 0.494 e. The predicted molar refractivity (Wildman–Crippen MR) is 127 cm³/mol. The van der Waals surface area contributed by atoms with Crippen LogP contribution >= 0.6 is 0 Å². The van der Waals surface area contributed by atoms with E-state index in [9.17, 15) is 9.50 Å². The lowest BCUT2D eigenvalue weighted by molar-refractivity contribution is 0.0651. The molecule has 180 valence electrons. The molecular formula is C23H29FN8O2. The second kappa shape index (κ2) is 8.39. The maximum atomic E-state index is 14.4. The fraction of sp³-hybridized carbons (Fsp3) is 0.478. The van der Waals surface area contributed by atoms with Crippen LogP contribution in [0.3, 0.4) is 0 Å². The average Bonchev–Trinajstić information content (AvgIpc) is 3.46. The van der Waals surface area contributed by atoms with Gasteiger partial charge in [-0.2, -0.15) is 9.61 Å². The van der Waals surface area contributed by atoms with Crippen LogP contribution in [0.4, 0.5) is 16.0 Å². The number of rotatable bonds is 6. The summed E-state index contributed by atoms with van der Waals surface area (Å²) in [5.74, 6) is 0.561. The molecule has 1 fully saturated rings. The molecule has 0 spiro atoms. The number of benzene rings is 1. The summed E-state index contributed by atoms with van der Waals surface area (Å²) in [4.78, 5) is 11.4. The SMILES string of the molecule is COc1cc2nc(N)n3nc(C4CCCN(c5cnn(CCC(C)(C)O)c5)C4)nc3c2cc1F. The summed E-state index contributed by atoms with van der Waals surface area (Å²) >= 11 is 0. The molecular weight excluding hydrogens is 439 g/mol. The van der Waals surface area contributed by atoms with Crippen molar-refractivity contribution in [3.8, 4) is 5.75 Å². The fourth-order valence-electron chi connectivity index (χ4n) is 4.43. The Bertz CT molecular complexity index is 1340. The van der Waals surface area contributed by atoms with Gasteiger partial charge in [-0.15, -0.1) is 5.10 Å². The minimum Gasteiger partial charge on any atom is -0.494 e. The number of ether oxygens (including phenoxy) is 1. The first kappa shape index (κ1) is 22.3. The molecule has 0 amide bonds. The molecule has 34 heavy (non-hydrogen) atoms. The van der Waals surface area contributed by atoms with Gasteiger partial charge in [0.25, 0.3) is 0 Å². The van der Waals surface area contributed by atoms with E-state index in [0.29, 0.717) is 35.3 Å². The van der Waals surface area contributed by atoms with Gasteiger partial charge in [0.15, 0.2) is 23.0 Å². The summed E-state index contributed by atoms with van der Waals surface area (Å²) in [6, 6.07) is 2.89. The molecule has 1 saturated heterocycles.